The Bertz CT molecular complexity index is 613. The summed E-state index contributed by atoms with van der Waals surface area (Å²) >= 11 is 0. The smallest absolute Gasteiger partial charge is 0.241 e. The normalized spacial score (nSPS) is 15.6. The van der Waals surface area contributed by atoms with Crippen LogP contribution in [0.4, 0.5) is 0 Å². The van der Waals surface area contributed by atoms with Crippen molar-refractivity contribution in [2.75, 3.05) is 33.3 Å². The van der Waals surface area contributed by atoms with E-state index in [1.807, 2.05) is 17.0 Å². The summed E-state index contributed by atoms with van der Waals surface area (Å²) < 4.78 is 5.73. The molecule has 1 heterocycles. The van der Waals surface area contributed by atoms with Gasteiger partial charge in [-0.05, 0) is 49.8 Å². The molecule has 7 heteroatoms. The monoisotopic (exact) mass is 502 g/mol. The van der Waals surface area contributed by atoms with Crippen LogP contribution in [0.2, 0.25) is 0 Å². The van der Waals surface area contributed by atoms with Gasteiger partial charge in [-0.15, -0.1) is 24.0 Å². The van der Waals surface area contributed by atoms with Gasteiger partial charge in [0.1, 0.15) is 5.75 Å². The minimum absolute atomic E-state index is 0. The van der Waals surface area contributed by atoms with Gasteiger partial charge in [0.2, 0.25) is 5.91 Å². The van der Waals surface area contributed by atoms with E-state index >= 15 is 0 Å². The van der Waals surface area contributed by atoms with Crippen molar-refractivity contribution >= 4 is 35.8 Å². The summed E-state index contributed by atoms with van der Waals surface area (Å²) in [6.07, 6.45) is 3.43. The van der Waals surface area contributed by atoms with Crippen LogP contribution in [-0.2, 0) is 4.79 Å². The van der Waals surface area contributed by atoms with Gasteiger partial charge in [-0.1, -0.05) is 26.0 Å². The third-order valence-electron chi connectivity index (χ3n) is 4.66. The largest absolute Gasteiger partial charge is 0.493 e. The molecular formula is C21H35IN4O2. The second kappa shape index (κ2) is 12.9. The topological polar surface area (TPSA) is 66.0 Å². The fourth-order valence-electron chi connectivity index (χ4n) is 3.01. The maximum Gasteiger partial charge on any atom is 0.241 e. The van der Waals surface area contributed by atoms with Gasteiger partial charge in [0.25, 0.3) is 0 Å². The zero-order chi connectivity index (χ0) is 19.6. The van der Waals surface area contributed by atoms with Crippen molar-refractivity contribution in [2.24, 2.45) is 10.9 Å². The number of aliphatic imine (C=N–C) groups is 1. The average Bonchev–Trinajstić information content (AvgIpc) is 2.70. The molecule has 1 aromatic rings. The van der Waals surface area contributed by atoms with Crippen LogP contribution in [0.3, 0.4) is 0 Å². The molecule has 1 fully saturated rings. The molecule has 2 rings (SSSR count). The number of hydrogen-bond donors (Lipinski definition) is 2. The number of likely N-dealkylation sites (tertiary alicyclic amines) is 1. The van der Waals surface area contributed by atoms with E-state index in [9.17, 15) is 4.79 Å². The van der Waals surface area contributed by atoms with E-state index in [1.54, 1.807) is 7.05 Å². The lowest BCUT2D eigenvalue weighted by atomic mass is 10.1. The Labute approximate surface area is 186 Å². The molecule has 1 atom stereocenters. The van der Waals surface area contributed by atoms with Crippen LogP contribution in [0, 0.1) is 5.92 Å². The zero-order valence-corrected chi connectivity index (χ0v) is 19.9. The van der Waals surface area contributed by atoms with Gasteiger partial charge in [0, 0.05) is 20.1 Å². The molecule has 1 aromatic carbocycles. The molecule has 1 amide bonds. The molecule has 6 nitrogen and oxygen atoms in total. The summed E-state index contributed by atoms with van der Waals surface area (Å²) in [5, 5.41) is 6.47. The maximum absolute atomic E-state index is 12.3. The van der Waals surface area contributed by atoms with E-state index in [1.165, 1.54) is 6.42 Å². The van der Waals surface area contributed by atoms with Crippen molar-refractivity contribution in [1.29, 1.82) is 0 Å². The average molecular weight is 502 g/mol. The first-order valence-electron chi connectivity index (χ1n) is 9.97. The number of amides is 1. The summed E-state index contributed by atoms with van der Waals surface area (Å²) in [5.41, 5.74) is 1.14. The Hall–Kier alpha value is -1.51. The van der Waals surface area contributed by atoms with Crippen LogP contribution >= 0.6 is 24.0 Å². The molecule has 0 aliphatic carbocycles. The molecule has 158 valence electrons. The highest BCUT2D eigenvalue weighted by Crippen LogP contribution is 2.18. The molecule has 0 saturated carbocycles. The minimum Gasteiger partial charge on any atom is -0.493 e. The molecule has 0 aromatic heterocycles. The lowest BCUT2D eigenvalue weighted by molar-refractivity contribution is -0.130. The number of carbonyl (C=O) groups excluding carboxylic acids is 1. The van der Waals surface area contributed by atoms with E-state index < -0.39 is 0 Å². The van der Waals surface area contributed by atoms with E-state index in [-0.39, 0.29) is 42.5 Å². The van der Waals surface area contributed by atoms with Crippen molar-refractivity contribution in [3.8, 4) is 5.75 Å². The number of hydrogen-bond acceptors (Lipinski definition) is 3. The minimum atomic E-state index is 0. The SMILES string of the molecule is CN=C(NCC(=O)N1CCCCC1)NC(C)c1ccc(OCC(C)C)cc1.I. The Kier molecular flexibility index (Phi) is 11.3. The number of benzene rings is 1. The molecule has 1 saturated heterocycles. The number of piperidine rings is 1. The molecule has 1 unspecified atom stereocenters. The van der Waals surface area contributed by atoms with E-state index in [0.29, 0.717) is 11.9 Å². The molecule has 28 heavy (non-hydrogen) atoms. The van der Waals surface area contributed by atoms with Crippen LogP contribution in [0.5, 0.6) is 5.75 Å². The lowest BCUT2D eigenvalue weighted by Gasteiger charge is -2.27. The summed E-state index contributed by atoms with van der Waals surface area (Å²) in [6.45, 7) is 9.07. The highest BCUT2D eigenvalue weighted by atomic mass is 127. The van der Waals surface area contributed by atoms with Gasteiger partial charge in [-0.25, -0.2) is 0 Å². The predicted molar refractivity (Wildman–Crippen MR) is 126 cm³/mol. The quantitative estimate of drug-likeness (QED) is 0.340. The van der Waals surface area contributed by atoms with E-state index in [2.05, 4.69) is 48.5 Å². The molecule has 0 radical (unpaired) electrons. The first-order valence-corrected chi connectivity index (χ1v) is 9.97. The number of rotatable bonds is 7. The number of ether oxygens (including phenoxy) is 1. The van der Waals surface area contributed by atoms with Crippen molar-refractivity contribution in [1.82, 2.24) is 15.5 Å². The van der Waals surface area contributed by atoms with Gasteiger partial charge in [-0.3, -0.25) is 9.79 Å². The number of carbonyl (C=O) groups is 1. The lowest BCUT2D eigenvalue weighted by Crippen LogP contribution is -2.46. The standard InChI is InChI=1S/C21H34N4O2.HI/c1-16(2)15-27-19-10-8-18(9-11-19)17(3)24-21(22-4)23-14-20(26)25-12-6-5-7-13-25;/h8-11,16-17H,5-7,12-15H2,1-4H3,(H2,22,23,24);1H. The van der Waals surface area contributed by atoms with Crippen molar-refractivity contribution in [2.45, 2.75) is 46.1 Å². The summed E-state index contributed by atoms with van der Waals surface area (Å²) in [4.78, 5) is 18.5. The van der Waals surface area contributed by atoms with E-state index in [0.717, 1.165) is 43.9 Å². The summed E-state index contributed by atoms with van der Waals surface area (Å²) in [6, 6.07) is 8.16. The van der Waals surface area contributed by atoms with Gasteiger partial charge in [0.15, 0.2) is 5.96 Å². The van der Waals surface area contributed by atoms with Crippen molar-refractivity contribution in [3.63, 3.8) is 0 Å². The number of guanidine groups is 1. The van der Waals surface area contributed by atoms with Gasteiger partial charge in [0.05, 0.1) is 19.2 Å². The Morgan fingerprint density at radius 3 is 2.36 bits per heavy atom. The van der Waals surface area contributed by atoms with Gasteiger partial charge < -0.3 is 20.3 Å². The third kappa shape index (κ3) is 8.24. The summed E-state index contributed by atoms with van der Waals surface area (Å²) in [5.74, 6) is 2.16. The number of halogens is 1. The fourth-order valence-corrected chi connectivity index (χ4v) is 3.01. The third-order valence-corrected chi connectivity index (χ3v) is 4.66. The van der Waals surface area contributed by atoms with Crippen LogP contribution in [0.25, 0.3) is 0 Å². The fraction of sp³-hybridized carbons (Fsp3) is 0.619. The molecule has 0 bridgehead atoms. The molecule has 0 spiro atoms. The highest BCUT2D eigenvalue weighted by Gasteiger charge is 2.17. The first kappa shape index (κ1) is 24.5. The van der Waals surface area contributed by atoms with Crippen LogP contribution in [0.1, 0.15) is 51.6 Å². The second-order valence-electron chi connectivity index (χ2n) is 7.51. The highest BCUT2D eigenvalue weighted by molar-refractivity contribution is 14.0. The van der Waals surface area contributed by atoms with Crippen LogP contribution in [0.15, 0.2) is 29.3 Å². The Morgan fingerprint density at radius 2 is 1.79 bits per heavy atom. The molecule has 1 aliphatic heterocycles. The Morgan fingerprint density at radius 1 is 1.14 bits per heavy atom. The molecular weight excluding hydrogens is 467 g/mol. The molecule has 2 N–H and O–H groups in total. The van der Waals surface area contributed by atoms with Gasteiger partial charge >= 0.3 is 0 Å². The molecule has 1 aliphatic rings. The van der Waals surface area contributed by atoms with Gasteiger partial charge in [-0.2, -0.15) is 0 Å². The second-order valence-corrected chi connectivity index (χ2v) is 7.51. The van der Waals surface area contributed by atoms with Crippen molar-refractivity contribution in [3.05, 3.63) is 29.8 Å². The van der Waals surface area contributed by atoms with Crippen LogP contribution < -0.4 is 15.4 Å². The maximum atomic E-state index is 12.3. The van der Waals surface area contributed by atoms with E-state index in [4.69, 9.17) is 4.74 Å². The number of nitrogens with zero attached hydrogens (tertiary/aromatic N) is 2. The summed E-state index contributed by atoms with van der Waals surface area (Å²) in [7, 11) is 1.72. The van der Waals surface area contributed by atoms with Crippen molar-refractivity contribution < 1.29 is 9.53 Å². The number of nitrogens with one attached hydrogen (secondary N) is 2. The zero-order valence-electron chi connectivity index (χ0n) is 17.5. The Balaban J connectivity index is 0.00000392. The van der Waals surface area contributed by atoms with Crippen LogP contribution in [-0.4, -0.2) is 50.1 Å². The predicted octanol–water partition coefficient (Wildman–Crippen LogP) is 3.58. The first-order chi connectivity index (χ1) is 13.0.